The number of unbranched alkanes of at least 4 members (excludes halogenated alkanes) is 12. The van der Waals surface area contributed by atoms with E-state index < -0.39 is 20.2 Å². The van der Waals surface area contributed by atoms with Gasteiger partial charge in [-0.3, -0.25) is 0 Å². The van der Waals surface area contributed by atoms with Crippen molar-refractivity contribution in [3.8, 4) is 0 Å². The molecule has 53 heavy (non-hydrogen) atoms. The van der Waals surface area contributed by atoms with Crippen LogP contribution in [0, 0.1) is 0 Å². The van der Waals surface area contributed by atoms with Gasteiger partial charge in [0.25, 0.3) is 0 Å². The van der Waals surface area contributed by atoms with Crippen LogP contribution in [0.1, 0.15) is 153 Å². The molecule has 6 nitrogen and oxygen atoms in total. The molecule has 0 unspecified atom stereocenters. The van der Waals surface area contributed by atoms with Crippen molar-refractivity contribution >= 4 is 90.7 Å². The Bertz CT molecular complexity index is 1770. The van der Waals surface area contributed by atoms with Crippen molar-refractivity contribution in [2.75, 3.05) is 0 Å². The molecular formula is C44H62BaO6S2. The van der Waals surface area contributed by atoms with Crippen LogP contribution in [0.4, 0.5) is 0 Å². The molecule has 0 radical (unpaired) electrons. The first-order valence-electron chi connectivity index (χ1n) is 19.9. The zero-order valence-corrected chi connectivity index (χ0v) is 39.0. The summed E-state index contributed by atoms with van der Waals surface area (Å²) in [6, 6.07) is 18.8. The fourth-order valence-corrected chi connectivity index (χ4v) is 8.56. The van der Waals surface area contributed by atoms with Crippen LogP contribution >= 0.6 is 0 Å². The number of hydrogen-bond acceptors (Lipinski definition) is 6. The summed E-state index contributed by atoms with van der Waals surface area (Å²) in [4.78, 5) is -0.119. The van der Waals surface area contributed by atoms with E-state index in [9.17, 15) is 25.9 Å². The van der Waals surface area contributed by atoms with Crippen molar-refractivity contribution in [2.24, 2.45) is 0 Å². The van der Waals surface area contributed by atoms with E-state index in [1.807, 2.05) is 12.1 Å². The van der Waals surface area contributed by atoms with Crippen LogP contribution in [-0.4, -0.2) is 74.8 Å². The zero-order valence-electron chi connectivity index (χ0n) is 32.9. The van der Waals surface area contributed by atoms with Crippen molar-refractivity contribution < 1.29 is 25.9 Å². The molecule has 0 saturated carbocycles. The Balaban J connectivity index is 0.000000360. The van der Waals surface area contributed by atoms with Crippen molar-refractivity contribution in [3.05, 3.63) is 82.9 Å². The summed E-state index contributed by atoms with van der Waals surface area (Å²) in [6.07, 6.45) is 21.9. The summed E-state index contributed by atoms with van der Waals surface area (Å²) in [5.74, 6) is 0. The minimum absolute atomic E-state index is 0. The molecule has 0 N–H and O–H groups in total. The molecule has 288 valence electrons. The summed E-state index contributed by atoms with van der Waals surface area (Å²) in [5.41, 5.74) is 4.23. The summed E-state index contributed by atoms with van der Waals surface area (Å²) in [5, 5.41) is 3.02. The molecule has 4 aromatic carbocycles. The second kappa shape index (κ2) is 25.1. The van der Waals surface area contributed by atoms with Gasteiger partial charge in [-0.25, -0.2) is 16.8 Å². The van der Waals surface area contributed by atoms with Crippen molar-refractivity contribution in [2.45, 2.75) is 166 Å². The van der Waals surface area contributed by atoms with Crippen LogP contribution in [0.2, 0.25) is 0 Å². The van der Waals surface area contributed by atoms with Crippen LogP contribution in [0.25, 0.3) is 21.5 Å². The van der Waals surface area contributed by atoms with Crippen LogP contribution < -0.4 is 0 Å². The van der Waals surface area contributed by atoms with Gasteiger partial charge in [-0.1, -0.05) is 153 Å². The van der Waals surface area contributed by atoms with Gasteiger partial charge in [0, 0.05) is 0 Å². The Morgan fingerprint density at radius 1 is 0.415 bits per heavy atom. The Hall–Kier alpha value is -1.21. The standard InChI is InChI=1S/2C22H32O3S.Ba/c2*1-3-5-7-9-12-18-16-21-19(13-10-8-6-4-2)14-11-15-20(21)22(17-18)26(23,24)25;/h2*11,14-17H,3-10,12-13H2,1-2H3,(H,23,24,25);/q;;+2/p-2. The molecular weight excluding hydrogens is 826 g/mol. The van der Waals surface area contributed by atoms with E-state index in [0.717, 1.165) is 97.2 Å². The maximum atomic E-state index is 11.8. The maximum absolute atomic E-state index is 11.8. The van der Waals surface area contributed by atoms with E-state index in [0.29, 0.717) is 10.8 Å². The molecule has 0 amide bonds. The van der Waals surface area contributed by atoms with E-state index in [-0.39, 0.29) is 58.7 Å². The second-order valence-corrected chi connectivity index (χ2v) is 17.1. The van der Waals surface area contributed by atoms with Crippen LogP contribution in [0.15, 0.2) is 70.5 Å². The van der Waals surface area contributed by atoms with Gasteiger partial charge in [-0.15, -0.1) is 0 Å². The summed E-state index contributed by atoms with van der Waals surface area (Å²) < 4.78 is 71.0. The topological polar surface area (TPSA) is 114 Å². The Morgan fingerprint density at radius 2 is 0.736 bits per heavy atom. The summed E-state index contributed by atoms with van der Waals surface area (Å²) in [7, 11) is -8.97. The van der Waals surface area contributed by atoms with E-state index in [4.69, 9.17) is 0 Å². The van der Waals surface area contributed by atoms with E-state index >= 15 is 0 Å². The zero-order chi connectivity index (χ0) is 38.0. The summed E-state index contributed by atoms with van der Waals surface area (Å²) >= 11 is 0. The van der Waals surface area contributed by atoms with E-state index in [1.54, 1.807) is 24.3 Å². The van der Waals surface area contributed by atoms with Crippen LogP contribution in [0.5, 0.6) is 0 Å². The number of fused-ring (bicyclic) bond motifs is 2. The minimum Gasteiger partial charge on any atom is -0.744 e. The predicted molar refractivity (Wildman–Crippen MR) is 221 cm³/mol. The predicted octanol–water partition coefficient (Wildman–Crippen LogP) is 11.6. The molecule has 9 heteroatoms. The van der Waals surface area contributed by atoms with Gasteiger partial charge in [0.1, 0.15) is 20.2 Å². The molecule has 0 fully saturated rings. The molecule has 0 heterocycles. The first kappa shape index (κ1) is 47.9. The smallest absolute Gasteiger partial charge is 0.744 e. The van der Waals surface area contributed by atoms with Crippen LogP contribution in [-0.2, 0) is 45.9 Å². The Morgan fingerprint density at radius 3 is 1.04 bits per heavy atom. The fraction of sp³-hybridized carbons (Fsp3) is 0.545. The van der Waals surface area contributed by atoms with Crippen LogP contribution in [0.3, 0.4) is 0 Å². The van der Waals surface area contributed by atoms with E-state index in [2.05, 4.69) is 52.0 Å². The molecule has 0 aliphatic rings. The first-order valence-corrected chi connectivity index (χ1v) is 22.8. The molecule has 0 spiro atoms. The molecule has 0 atom stereocenters. The monoisotopic (exact) mass is 888 g/mol. The average Bonchev–Trinajstić information content (AvgIpc) is 3.11. The second-order valence-electron chi connectivity index (χ2n) is 14.4. The first-order chi connectivity index (χ1) is 24.9. The van der Waals surface area contributed by atoms with Gasteiger partial charge >= 0.3 is 48.9 Å². The number of hydrogen-bond donors (Lipinski definition) is 0. The van der Waals surface area contributed by atoms with Gasteiger partial charge in [0.15, 0.2) is 0 Å². The maximum Gasteiger partial charge on any atom is 2.00 e. The largest absolute Gasteiger partial charge is 2.00 e. The molecule has 0 aromatic heterocycles. The molecule has 0 aliphatic carbocycles. The van der Waals surface area contributed by atoms with E-state index in [1.165, 1.54) is 64.2 Å². The number of aryl methyl sites for hydroxylation is 4. The van der Waals surface area contributed by atoms with Gasteiger partial charge in [0.2, 0.25) is 0 Å². The van der Waals surface area contributed by atoms with Gasteiger partial charge in [-0.2, -0.15) is 0 Å². The average molecular weight is 888 g/mol. The SMILES string of the molecule is CCCCCCc1cc(S(=O)(=O)[O-])c2cccc(CCCCCC)c2c1.CCCCCCc1cc(S(=O)(=O)[O-])c2cccc(CCCCCC)c2c1.[Ba+2]. The third-order valence-corrected chi connectivity index (χ3v) is 11.7. The normalized spacial score (nSPS) is 11.7. The minimum atomic E-state index is -4.48. The molecule has 4 rings (SSSR count). The summed E-state index contributed by atoms with van der Waals surface area (Å²) in [6.45, 7) is 8.72. The van der Waals surface area contributed by atoms with Gasteiger partial charge in [0.05, 0.1) is 9.79 Å². The van der Waals surface area contributed by atoms with Gasteiger partial charge in [-0.05, 0) is 107 Å². The molecule has 0 aliphatic heterocycles. The van der Waals surface area contributed by atoms with Crippen molar-refractivity contribution in [1.29, 1.82) is 0 Å². The number of rotatable bonds is 22. The Kier molecular flexibility index (Phi) is 22.7. The Labute approximate surface area is 361 Å². The third-order valence-electron chi connectivity index (χ3n) is 9.99. The van der Waals surface area contributed by atoms with Crippen molar-refractivity contribution in [3.63, 3.8) is 0 Å². The molecule has 0 saturated heterocycles. The quantitative estimate of drug-likeness (QED) is 0.0441. The van der Waals surface area contributed by atoms with Gasteiger partial charge < -0.3 is 9.11 Å². The third kappa shape index (κ3) is 16.1. The molecule has 0 bridgehead atoms. The molecule has 4 aromatic rings. The number of benzene rings is 4. The fourth-order valence-electron chi connectivity index (χ4n) is 7.08. The van der Waals surface area contributed by atoms with Crippen molar-refractivity contribution in [1.82, 2.24) is 0 Å².